The lowest BCUT2D eigenvalue weighted by atomic mass is 10.3. The van der Waals surface area contributed by atoms with Crippen LogP contribution in [0.1, 0.15) is 4.88 Å². The zero-order chi connectivity index (χ0) is 11.4. The van der Waals surface area contributed by atoms with Crippen LogP contribution < -0.4 is 11.1 Å². The molecule has 84 valence electrons. The lowest BCUT2D eigenvalue weighted by molar-refractivity contribution is 1.02. The Morgan fingerprint density at radius 1 is 1.31 bits per heavy atom. The molecule has 2 rings (SSSR count). The summed E-state index contributed by atoms with van der Waals surface area (Å²) in [4.78, 5) is 9.29. The quantitative estimate of drug-likeness (QED) is 0.880. The standard InChI is InChI=1S/C10H11ClN4S/c11-8-2-1-7(16-8)3-4-13-10-6-14-9(12)5-15-10/h1-2,5-6H,3-4H2,(H2,12,14)(H,13,15). The Morgan fingerprint density at radius 2 is 2.19 bits per heavy atom. The molecule has 0 saturated heterocycles. The van der Waals surface area contributed by atoms with Crippen molar-refractivity contribution in [1.29, 1.82) is 0 Å². The summed E-state index contributed by atoms with van der Waals surface area (Å²) in [5.41, 5.74) is 5.43. The molecule has 0 aromatic carbocycles. The number of hydrogen-bond donors (Lipinski definition) is 2. The number of nitrogens with one attached hydrogen (secondary N) is 1. The Morgan fingerprint density at radius 3 is 2.81 bits per heavy atom. The van der Waals surface area contributed by atoms with Gasteiger partial charge in [-0.2, -0.15) is 0 Å². The molecule has 0 saturated carbocycles. The maximum Gasteiger partial charge on any atom is 0.144 e. The topological polar surface area (TPSA) is 63.8 Å². The Labute approximate surface area is 102 Å². The lowest BCUT2D eigenvalue weighted by Crippen LogP contribution is -2.06. The van der Waals surface area contributed by atoms with Crippen LogP contribution in [0.2, 0.25) is 4.34 Å². The van der Waals surface area contributed by atoms with Gasteiger partial charge in [-0.25, -0.2) is 9.97 Å². The van der Waals surface area contributed by atoms with E-state index in [0.29, 0.717) is 5.82 Å². The van der Waals surface area contributed by atoms with Crippen molar-refractivity contribution in [2.45, 2.75) is 6.42 Å². The number of hydrogen-bond acceptors (Lipinski definition) is 5. The minimum absolute atomic E-state index is 0.426. The Balaban J connectivity index is 1.82. The van der Waals surface area contributed by atoms with Crippen LogP contribution in [0.4, 0.5) is 11.6 Å². The molecule has 4 nitrogen and oxygen atoms in total. The van der Waals surface area contributed by atoms with Crippen LogP contribution in [-0.4, -0.2) is 16.5 Å². The molecule has 2 aromatic heterocycles. The molecule has 0 spiro atoms. The van der Waals surface area contributed by atoms with Crippen LogP contribution in [0.25, 0.3) is 0 Å². The van der Waals surface area contributed by atoms with Crippen molar-refractivity contribution in [3.8, 4) is 0 Å². The van der Waals surface area contributed by atoms with Crippen LogP contribution >= 0.6 is 22.9 Å². The van der Waals surface area contributed by atoms with Crippen molar-refractivity contribution in [3.05, 3.63) is 33.7 Å². The molecule has 0 amide bonds. The fraction of sp³-hybridized carbons (Fsp3) is 0.200. The number of rotatable bonds is 4. The molecule has 2 aromatic rings. The zero-order valence-corrected chi connectivity index (χ0v) is 10.1. The van der Waals surface area contributed by atoms with Gasteiger partial charge in [0.1, 0.15) is 11.6 Å². The van der Waals surface area contributed by atoms with E-state index in [1.54, 1.807) is 17.5 Å². The lowest BCUT2D eigenvalue weighted by Gasteiger charge is -2.03. The van der Waals surface area contributed by atoms with Gasteiger partial charge < -0.3 is 11.1 Å². The summed E-state index contributed by atoms with van der Waals surface area (Å²) in [7, 11) is 0. The first-order chi connectivity index (χ1) is 7.74. The number of thiophene rings is 1. The van der Waals surface area contributed by atoms with E-state index in [9.17, 15) is 0 Å². The minimum atomic E-state index is 0.426. The number of aromatic nitrogens is 2. The first-order valence-electron chi connectivity index (χ1n) is 4.79. The van der Waals surface area contributed by atoms with Crippen molar-refractivity contribution in [1.82, 2.24) is 9.97 Å². The number of nitrogen functional groups attached to an aromatic ring is 1. The van der Waals surface area contributed by atoms with E-state index in [-0.39, 0.29) is 0 Å². The monoisotopic (exact) mass is 254 g/mol. The summed E-state index contributed by atoms with van der Waals surface area (Å²) in [6, 6.07) is 3.94. The Bertz CT molecular complexity index is 454. The van der Waals surface area contributed by atoms with Gasteiger partial charge in [-0.05, 0) is 18.6 Å². The van der Waals surface area contributed by atoms with Crippen LogP contribution in [0.15, 0.2) is 24.5 Å². The van der Waals surface area contributed by atoms with E-state index in [4.69, 9.17) is 17.3 Å². The van der Waals surface area contributed by atoms with E-state index < -0.39 is 0 Å². The molecule has 0 aliphatic carbocycles. The van der Waals surface area contributed by atoms with Crippen molar-refractivity contribution in [3.63, 3.8) is 0 Å². The third-order valence-corrected chi connectivity index (χ3v) is 3.27. The van der Waals surface area contributed by atoms with E-state index in [0.717, 1.165) is 23.1 Å². The predicted octanol–water partition coefficient (Wildman–Crippen LogP) is 2.43. The van der Waals surface area contributed by atoms with Gasteiger partial charge in [0, 0.05) is 11.4 Å². The fourth-order valence-corrected chi connectivity index (χ4v) is 2.32. The summed E-state index contributed by atoms with van der Waals surface area (Å²) in [6.45, 7) is 0.801. The Kier molecular flexibility index (Phi) is 3.58. The molecular weight excluding hydrogens is 244 g/mol. The number of nitrogens with zero attached hydrogens (tertiary/aromatic N) is 2. The average Bonchev–Trinajstić information content (AvgIpc) is 2.67. The zero-order valence-electron chi connectivity index (χ0n) is 8.48. The molecule has 3 N–H and O–H groups in total. The van der Waals surface area contributed by atoms with Crippen molar-refractivity contribution in [2.75, 3.05) is 17.6 Å². The second kappa shape index (κ2) is 5.14. The van der Waals surface area contributed by atoms with Gasteiger partial charge in [0.05, 0.1) is 16.7 Å². The maximum absolute atomic E-state index is 5.84. The minimum Gasteiger partial charge on any atom is -0.382 e. The first kappa shape index (κ1) is 11.2. The maximum atomic E-state index is 5.84. The second-order valence-electron chi connectivity index (χ2n) is 3.21. The predicted molar refractivity (Wildman–Crippen MR) is 68.0 cm³/mol. The first-order valence-corrected chi connectivity index (χ1v) is 5.99. The van der Waals surface area contributed by atoms with Crippen molar-refractivity contribution < 1.29 is 0 Å². The van der Waals surface area contributed by atoms with Crippen LogP contribution in [0.3, 0.4) is 0 Å². The van der Waals surface area contributed by atoms with Crippen LogP contribution in [0, 0.1) is 0 Å². The molecular formula is C10H11ClN4S. The average molecular weight is 255 g/mol. The fourth-order valence-electron chi connectivity index (χ4n) is 1.23. The van der Waals surface area contributed by atoms with Gasteiger partial charge >= 0.3 is 0 Å². The number of anilines is 2. The number of nitrogens with two attached hydrogens (primary N) is 1. The summed E-state index contributed by atoms with van der Waals surface area (Å²) < 4.78 is 0.822. The molecule has 0 aliphatic rings. The molecule has 0 bridgehead atoms. The summed E-state index contributed by atoms with van der Waals surface area (Å²) >= 11 is 7.43. The third-order valence-electron chi connectivity index (χ3n) is 1.98. The van der Waals surface area contributed by atoms with Gasteiger partial charge in [-0.15, -0.1) is 11.3 Å². The summed E-state index contributed by atoms with van der Waals surface area (Å²) in [6.07, 6.45) is 4.07. The normalized spacial score (nSPS) is 10.3. The third kappa shape index (κ3) is 3.08. The van der Waals surface area contributed by atoms with Gasteiger partial charge in [0.15, 0.2) is 0 Å². The molecule has 0 fully saturated rings. The highest BCUT2D eigenvalue weighted by atomic mass is 35.5. The van der Waals surface area contributed by atoms with Crippen LogP contribution in [-0.2, 0) is 6.42 Å². The van der Waals surface area contributed by atoms with Crippen LogP contribution in [0.5, 0.6) is 0 Å². The smallest absolute Gasteiger partial charge is 0.144 e. The second-order valence-corrected chi connectivity index (χ2v) is 5.01. The van der Waals surface area contributed by atoms with E-state index in [2.05, 4.69) is 15.3 Å². The summed E-state index contributed by atoms with van der Waals surface area (Å²) in [5.74, 6) is 1.16. The molecule has 16 heavy (non-hydrogen) atoms. The van der Waals surface area contributed by atoms with Gasteiger partial charge in [0.25, 0.3) is 0 Å². The van der Waals surface area contributed by atoms with Crippen molar-refractivity contribution >= 4 is 34.6 Å². The number of halogens is 1. The molecule has 2 heterocycles. The SMILES string of the molecule is Nc1cnc(NCCc2ccc(Cl)s2)cn1. The van der Waals surface area contributed by atoms with E-state index >= 15 is 0 Å². The van der Waals surface area contributed by atoms with E-state index in [1.807, 2.05) is 12.1 Å². The van der Waals surface area contributed by atoms with Gasteiger partial charge in [-0.3, -0.25) is 0 Å². The molecule has 0 unspecified atom stereocenters. The van der Waals surface area contributed by atoms with E-state index in [1.165, 1.54) is 11.1 Å². The Hall–Kier alpha value is -1.33. The molecule has 0 aliphatic heterocycles. The molecule has 0 atom stereocenters. The molecule has 6 heteroatoms. The summed E-state index contributed by atoms with van der Waals surface area (Å²) in [5, 5.41) is 3.16. The largest absolute Gasteiger partial charge is 0.382 e. The van der Waals surface area contributed by atoms with Crippen molar-refractivity contribution in [2.24, 2.45) is 0 Å². The van der Waals surface area contributed by atoms with Gasteiger partial charge in [-0.1, -0.05) is 11.6 Å². The molecule has 0 radical (unpaired) electrons. The highest BCUT2D eigenvalue weighted by Crippen LogP contribution is 2.21. The highest BCUT2D eigenvalue weighted by molar-refractivity contribution is 7.16. The highest BCUT2D eigenvalue weighted by Gasteiger charge is 1.98. The van der Waals surface area contributed by atoms with Gasteiger partial charge in [0.2, 0.25) is 0 Å².